The van der Waals surface area contributed by atoms with Crippen LogP contribution in [0.4, 0.5) is 0 Å². The van der Waals surface area contributed by atoms with Gasteiger partial charge in [-0.3, -0.25) is 0 Å². The fourth-order valence-electron chi connectivity index (χ4n) is 1.65. The molecule has 0 fully saturated rings. The molecule has 1 aromatic carbocycles. The van der Waals surface area contributed by atoms with Crippen LogP contribution in [0.1, 0.15) is 6.92 Å². The molecule has 0 unspecified atom stereocenters. The third kappa shape index (κ3) is 11.1. The van der Waals surface area contributed by atoms with Crippen LogP contribution >= 0.6 is 31.9 Å². The third-order valence-corrected chi connectivity index (χ3v) is 3.67. The Kier molecular flexibility index (Phi) is 11.9. The number of hydrogen-bond acceptors (Lipinski definition) is 5. The van der Waals surface area contributed by atoms with Crippen LogP contribution in [-0.4, -0.2) is 59.5 Å². The summed E-state index contributed by atoms with van der Waals surface area (Å²) in [5.41, 5.74) is 0. The highest BCUT2D eigenvalue weighted by molar-refractivity contribution is 9.11. The fraction of sp³-hybridized carbons (Fsp3) is 0.625. The Morgan fingerprint density at radius 3 is 2.04 bits per heavy atom. The van der Waals surface area contributed by atoms with Crippen molar-refractivity contribution in [2.24, 2.45) is 0 Å². The van der Waals surface area contributed by atoms with Crippen molar-refractivity contribution in [3.8, 4) is 5.75 Å². The lowest BCUT2D eigenvalue weighted by Crippen LogP contribution is -2.21. The molecule has 0 spiro atoms. The van der Waals surface area contributed by atoms with E-state index in [1.54, 1.807) is 7.11 Å². The molecule has 1 rings (SSSR count). The molecule has 0 amide bonds. The maximum Gasteiger partial charge on any atom is 0.121 e. The van der Waals surface area contributed by atoms with Crippen LogP contribution in [0, 0.1) is 0 Å². The van der Waals surface area contributed by atoms with E-state index >= 15 is 0 Å². The predicted octanol–water partition coefficient (Wildman–Crippen LogP) is 3.68. The highest BCUT2D eigenvalue weighted by Gasteiger charge is 2.05. The summed E-state index contributed by atoms with van der Waals surface area (Å²) in [7, 11) is 1.65. The second-order valence-electron chi connectivity index (χ2n) is 4.82. The van der Waals surface area contributed by atoms with Crippen LogP contribution in [0.15, 0.2) is 27.1 Å². The Balaban J connectivity index is 2.01. The van der Waals surface area contributed by atoms with Gasteiger partial charge in [-0.15, -0.1) is 0 Å². The van der Waals surface area contributed by atoms with E-state index in [-0.39, 0.29) is 6.10 Å². The normalized spacial score (nSPS) is 12.3. The Morgan fingerprint density at radius 2 is 1.43 bits per heavy atom. The van der Waals surface area contributed by atoms with Crippen LogP contribution in [-0.2, 0) is 18.9 Å². The summed E-state index contributed by atoms with van der Waals surface area (Å²) in [5.74, 6) is 0.797. The second-order valence-corrected chi connectivity index (χ2v) is 6.65. The molecule has 0 aliphatic rings. The van der Waals surface area contributed by atoms with Crippen molar-refractivity contribution in [3.05, 3.63) is 27.1 Å². The minimum absolute atomic E-state index is 0.00527. The molecule has 0 aliphatic carbocycles. The molecule has 0 heterocycles. The summed E-state index contributed by atoms with van der Waals surface area (Å²) < 4.78 is 28.9. The lowest BCUT2D eigenvalue weighted by molar-refractivity contribution is -0.0220. The van der Waals surface area contributed by atoms with Crippen LogP contribution in [0.5, 0.6) is 5.75 Å². The van der Waals surface area contributed by atoms with Gasteiger partial charge in [-0.05, 0) is 25.1 Å². The first-order chi connectivity index (χ1) is 11.1. The molecule has 0 N–H and O–H groups in total. The van der Waals surface area contributed by atoms with Crippen molar-refractivity contribution in [2.75, 3.05) is 53.4 Å². The Hall–Kier alpha value is -0.180. The van der Waals surface area contributed by atoms with Crippen LogP contribution in [0.3, 0.4) is 0 Å². The Bertz CT molecular complexity index is 411. The van der Waals surface area contributed by atoms with E-state index in [4.69, 9.17) is 23.7 Å². The van der Waals surface area contributed by atoms with E-state index in [0.29, 0.717) is 46.2 Å². The standard InChI is InChI=1S/C16H24Br2O5/c1-13(12-23-16-10-14(17)9-15(18)11-16)22-8-7-21-6-5-20-4-3-19-2/h9-11,13H,3-8,12H2,1-2H3/t13-/m0/s1. The molecular weight excluding hydrogens is 432 g/mol. The summed E-state index contributed by atoms with van der Waals surface area (Å²) in [6.07, 6.45) is -0.00527. The molecule has 0 radical (unpaired) electrons. The molecule has 0 aromatic heterocycles. The van der Waals surface area contributed by atoms with E-state index in [1.807, 2.05) is 25.1 Å². The van der Waals surface area contributed by atoms with Gasteiger partial charge in [-0.25, -0.2) is 0 Å². The fourth-order valence-corrected chi connectivity index (χ4v) is 2.90. The van der Waals surface area contributed by atoms with E-state index in [9.17, 15) is 0 Å². The average molecular weight is 456 g/mol. The molecule has 0 bridgehead atoms. The van der Waals surface area contributed by atoms with E-state index in [0.717, 1.165) is 14.7 Å². The van der Waals surface area contributed by atoms with Gasteiger partial charge in [-0.1, -0.05) is 31.9 Å². The lowest BCUT2D eigenvalue weighted by Gasteiger charge is -2.15. The molecule has 23 heavy (non-hydrogen) atoms. The molecule has 132 valence electrons. The number of benzene rings is 1. The maximum absolute atomic E-state index is 5.70. The Labute approximate surface area is 154 Å². The van der Waals surface area contributed by atoms with E-state index in [1.165, 1.54) is 0 Å². The lowest BCUT2D eigenvalue weighted by atomic mass is 10.3. The van der Waals surface area contributed by atoms with Crippen LogP contribution in [0.2, 0.25) is 0 Å². The van der Waals surface area contributed by atoms with Gasteiger partial charge in [0.25, 0.3) is 0 Å². The van der Waals surface area contributed by atoms with Crippen molar-refractivity contribution >= 4 is 31.9 Å². The van der Waals surface area contributed by atoms with Gasteiger partial charge in [0.05, 0.1) is 45.7 Å². The first-order valence-electron chi connectivity index (χ1n) is 7.46. The molecule has 5 nitrogen and oxygen atoms in total. The van der Waals surface area contributed by atoms with Gasteiger partial charge in [0, 0.05) is 16.1 Å². The largest absolute Gasteiger partial charge is 0.491 e. The van der Waals surface area contributed by atoms with Crippen molar-refractivity contribution < 1.29 is 23.7 Å². The molecule has 7 heteroatoms. The summed E-state index contributed by atoms with van der Waals surface area (Å²) in [6, 6.07) is 5.80. The van der Waals surface area contributed by atoms with Crippen molar-refractivity contribution in [1.82, 2.24) is 0 Å². The highest BCUT2D eigenvalue weighted by atomic mass is 79.9. The van der Waals surface area contributed by atoms with Crippen molar-refractivity contribution in [2.45, 2.75) is 13.0 Å². The smallest absolute Gasteiger partial charge is 0.121 e. The molecular formula is C16H24Br2O5. The highest BCUT2D eigenvalue weighted by Crippen LogP contribution is 2.25. The van der Waals surface area contributed by atoms with Crippen LogP contribution < -0.4 is 4.74 Å². The molecule has 0 saturated carbocycles. The zero-order valence-corrected chi connectivity index (χ0v) is 16.7. The van der Waals surface area contributed by atoms with Gasteiger partial charge in [0.15, 0.2) is 0 Å². The second kappa shape index (κ2) is 13.1. The number of hydrogen-bond donors (Lipinski definition) is 0. The topological polar surface area (TPSA) is 46.2 Å². The molecule has 0 aliphatic heterocycles. The van der Waals surface area contributed by atoms with Gasteiger partial charge < -0.3 is 23.7 Å². The first kappa shape index (κ1) is 20.9. The van der Waals surface area contributed by atoms with Gasteiger partial charge in [0.1, 0.15) is 12.4 Å². The maximum atomic E-state index is 5.70. The quantitative estimate of drug-likeness (QED) is 0.424. The SMILES string of the molecule is COCCOCCOCCO[C@@H](C)COc1cc(Br)cc(Br)c1. The predicted molar refractivity (Wildman–Crippen MR) is 96.3 cm³/mol. The summed E-state index contributed by atoms with van der Waals surface area (Å²) >= 11 is 6.86. The number of rotatable bonds is 13. The molecule has 1 aromatic rings. The zero-order valence-electron chi connectivity index (χ0n) is 13.6. The minimum atomic E-state index is -0.00527. The number of ether oxygens (including phenoxy) is 5. The zero-order chi connectivity index (χ0) is 16.9. The van der Waals surface area contributed by atoms with Gasteiger partial charge in [0.2, 0.25) is 0 Å². The van der Waals surface area contributed by atoms with Crippen molar-refractivity contribution in [3.63, 3.8) is 0 Å². The number of halogens is 2. The number of methoxy groups -OCH3 is 1. The third-order valence-electron chi connectivity index (χ3n) is 2.75. The first-order valence-corrected chi connectivity index (χ1v) is 9.05. The van der Waals surface area contributed by atoms with Gasteiger partial charge in [-0.2, -0.15) is 0 Å². The van der Waals surface area contributed by atoms with Crippen LogP contribution in [0.25, 0.3) is 0 Å². The Morgan fingerprint density at radius 1 is 0.870 bits per heavy atom. The molecule has 0 saturated heterocycles. The summed E-state index contributed by atoms with van der Waals surface area (Å²) in [4.78, 5) is 0. The monoisotopic (exact) mass is 454 g/mol. The van der Waals surface area contributed by atoms with Crippen molar-refractivity contribution in [1.29, 1.82) is 0 Å². The molecule has 1 atom stereocenters. The van der Waals surface area contributed by atoms with E-state index in [2.05, 4.69) is 31.9 Å². The summed E-state index contributed by atoms with van der Waals surface area (Å²) in [5, 5.41) is 0. The average Bonchev–Trinajstić information content (AvgIpc) is 2.50. The van der Waals surface area contributed by atoms with Gasteiger partial charge >= 0.3 is 0 Å². The summed E-state index contributed by atoms with van der Waals surface area (Å²) in [6.45, 7) is 5.87. The van der Waals surface area contributed by atoms with E-state index < -0.39 is 0 Å². The minimum Gasteiger partial charge on any atom is -0.491 e.